The van der Waals surface area contributed by atoms with Gasteiger partial charge in [0.1, 0.15) is 0 Å². The van der Waals surface area contributed by atoms with Crippen molar-refractivity contribution in [2.24, 2.45) is 5.73 Å². The minimum Gasteiger partial charge on any atom is -0.380 e. The van der Waals surface area contributed by atoms with Crippen LogP contribution in [-0.4, -0.2) is 25.2 Å². The van der Waals surface area contributed by atoms with Crippen LogP contribution in [0.15, 0.2) is 18.2 Å². The summed E-state index contributed by atoms with van der Waals surface area (Å²) in [6.45, 7) is 4.43. The first kappa shape index (κ1) is 12.1. The highest BCUT2D eigenvalue weighted by atomic mass is 16.5. The second-order valence-corrected chi connectivity index (χ2v) is 4.45. The molecule has 0 bridgehead atoms. The minimum absolute atomic E-state index is 0.378. The Morgan fingerprint density at radius 3 is 3.00 bits per heavy atom. The van der Waals surface area contributed by atoms with Crippen LogP contribution in [0.25, 0.3) is 0 Å². The van der Waals surface area contributed by atoms with Crippen molar-refractivity contribution in [2.45, 2.75) is 25.9 Å². The summed E-state index contributed by atoms with van der Waals surface area (Å²) in [5.74, 6) is -0.378. The molecule has 1 amide bonds. The number of hydrogen-bond donors (Lipinski definition) is 2. The van der Waals surface area contributed by atoms with E-state index in [-0.39, 0.29) is 5.91 Å². The van der Waals surface area contributed by atoms with Gasteiger partial charge in [-0.25, -0.2) is 0 Å². The van der Waals surface area contributed by atoms with Gasteiger partial charge in [-0.15, -0.1) is 0 Å². The van der Waals surface area contributed by atoms with Gasteiger partial charge in [0.05, 0.1) is 6.61 Å². The summed E-state index contributed by atoms with van der Waals surface area (Å²) < 4.78 is 5.30. The van der Waals surface area contributed by atoms with Gasteiger partial charge in [-0.2, -0.15) is 0 Å². The number of amides is 1. The van der Waals surface area contributed by atoms with E-state index in [4.69, 9.17) is 10.5 Å². The Kier molecular flexibility index (Phi) is 3.76. The van der Waals surface area contributed by atoms with Gasteiger partial charge < -0.3 is 15.8 Å². The number of hydrogen-bond acceptors (Lipinski definition) is 3. The molecule has 4 nitrogen and oxygen atoms in total. The number of carbonyl (C=O) groups is 1. The maximum Gasteiger partial charge on any atom is 0.248 e. The zero-order valence-electron chi connectivity index (χ0n) is 10.0. The number of carbonyl (C=O) groups excluding carboxylic acids is 1. The summed E-state index contributed by atoms with van der Waals surface area (Å²) >= 11 is 0. The Labute approximate surface area is 101 Å². The summed E-state index contributed by atoms with van der Waals surface area (Å²) in [4.78, 5) is 11.0. The molecule has 1 aliphatic heterocycles. The molecule has 92 valence electrons. The zero-order valence-corrected chi connectivity index (χ0v) is 10.0. The maximum atomic E-state index is 11.0. The number of nitrogens with two attached hydrogens (primary N) is 1. The van der Waals surface area contributed by atoms with Crippen LogP contribution in [0.3, 0.4) is 0 Å². The number of benzene rings is 1. The molecule has 1 unspecified atom stereocenters. The Balaban J connectivity index is 1.98. The van der Waals surface area contributed by atoms with Gasteiger partial charge in [-0.1, -0.05) is 6.07 Å². The van der Waals surface area contributed by atoms with Crippen LogP contribution in [0.4, 0.5) is 0 Å². The zero-order chi connectivity index (χ0) is 12.3. The molecule has 2 rings (SSSR count). The second-order valence-electron chi connectivity index (χ2n) is 4.45. The van der Waals surface area contributed by atoms with E-state index in [1.165, 1.54) is 5.56 Å². The van der Waals surface area contributed by atoms with Crippen molar-refractivity contribution in [2.75, 3.05) is 13.2 Å². The van der Waals surface area contributed by atoms with Crippen molar-refractivity contribution in [3.05, 3.63) is 34.9 Å². The van der Waals surface area contributed by atoms with Crippen molar-refractivity contribution in [3.63, 3.8) is 0 Å². The quantitative estimate of drug-likeness (QED) is 0.816. The molecule has 1 saturated heterocycles. The predicted molar refractivity (Wildman–Crippen MR) is 65.8 cm³/mol. The van der Waals surface area contributed by atoms with Crippen molar-refractivity contribution in [1.82, 2.24) is 5.32 Å². The Morgan fingerprint density at radius 1 is 1.59 bits per heavy atom. The Morgan fingerprint density at radius 2 is 2.41 bits per heavy atom. The first-order chi connectivity index (χ1) is 8.16. The second kappa shape index (κ2) is 5.29. The van der Waals surface area contributed by atoms with Crippen LogP contribution in [0.5, 0.6) is 0 Å². The molecule has 0 radical (unpaired) electrons. The summed E-state index contributed by atoms with van der Waals surface area (Å²) in [6.07, 6.45) is 1.07. The first-order valence-electron chi connectivity index (χ1n) is 5.87. The molecule has 1 fully saturated rings. The Hall–Kier alpha value is -1.39. The maximum absolute atomic E-state index is 11.0. The van der Waals surface area contributed by atoms with Crippen molar-refractivity contribution < 1.29 is 9.53 Å². The lowest BCUT2D eigenvalue weighted by Gasteiger charge is -2.12. The van der Waals surface area contributed by atoms with Crippen molar-refractivity contribution >= 4 is 5.91 Å². The van der Waals surface area contributed by atoms with Gasteiger partial charge in [-0.05, 0) is 36.6 Å². The van der Waals surface area contributed by atoms with Gasteiger partial charge in [0, 0.05) is 24.8 Å². The summed E-state index contributed by atoms with van der Waals surface area (Å²) in [5, 5.41) is 3.45. The van der Waals surface area contributed by atoms with Gasteiger partial charge in [0.15, 0.2) is 0 Å². The number of nitrogens with one attached hydrogen (secondary N) is 1. The van der Waals surface area contributed by atoms with E-state index in [1.807, 2.05) is 19.1 Å². The third-order valence-corrected chi connectivity index (χ3v) is 3.14. The fourth-order valence-corrected chi connectivity index (χ4v) is 2.00. The molecule has 3 N–H and O–H groups in total. The van der Waals surface area contributed by atoms with Crippen LogP contribution < -0.4 is 11.1 Å². The monoisotopic (exact) mass is 234 g/mol. The lowest BCUT2D eigenvalue weighted by atomic mass is 10.0. The molecule has 1 aromatic carbocycles. The molecular formula is C13H18N2O2. The number of aryl methyl sites for hydroxylation is 1. The molecule has 0 aliphatic carbocycles. The van der Waals surface area contributed by atoms with E-state index in [2.05, 4.69) is 5.32 Å². The van der Waals surface area contributed by atoms with Gasteiger partial charge in [-0.3, -0.25) is 4.79 Å². The summed E-state index contributed by atoms with van der Waals surface area (Å²) in [6, 6.07) is 6.02. The lowest BCUT2D eigenvalue weighted by Crippen LogP contribution is -2.28. The smallest absolute Gasteiger partial charge is 0.248 e. The van der Waals surface area contributed by atoms with Crippen LogP contribution in [-0.2, 0) is 11.3 Å². The van der Waals surface area contributed by atoms with E-state index >= 15 is 0 Å². The van der Waals surface area contributed by atoms with Crippen molar-refractivity contribution in [3.8, 4) is 0 Å². The number of primary amides is 1. The first-order valence-corrected chi connectivity index (χ1v) is 5.87. The molecule has 1 aromatic rings. The highest BCUT2D eigenvalue weighted by molar-refractivity contribution is 5.93. The summed E-state index contributed by atoms with van der Waals surface area (Å²) in [5.41, 5.74) is 8.09. The fraction of sp³-hybridized carbons (Fsp3) is 0.462. The molecule has 0 aromatic heterocycles. The highest BCUT2D eigenvalue weighted by Crippen LogP contribution is 2.12. The van der Waals surface area contributed by atoms with E-state index in [1.54, 1.807) is 6.07 Å². The summed E-state index contributed by atoms with van der Waals surface area (Å²) in [7, 11) is 0. The molecule has 1 heterocycles. The SMILES string of the molecule is Cc1cc(C(N)=O)ccc1CNC1CCOC1. The van der Waals surface area contributed by atoms with Crippen LogP contribution >= 0.6 is 0 Å². The highest BCUT2D eigenvalue weighted by Gasteiger charge is 2.14. The fourth-order valence-electron chi connectivity index (χ4n) is 2.00. The number of ether oxygens (including phenoxy) is 1. The average Bonchev–Trinajstić information content (AvgIpc) is 2.80. The molecule has 4 heteroatoms. The third-order valence-electron chi connectivity index (χ3n) is 3.14. The van der Waals surface area contributed by atoms with E-state index in [0.29, 0.717) is 11.6 Å². The molecule has 0 spiro atoms. The average molecular weight is 234 g/mol. The molecule has 1 aliphatic rings. The largest absolute Gasteiger partial charge is 0.380 e. The van der Waals surface area contributed by atoms with Gasteiger partial charge in [0.25, 0.3) is 0 Å². The normalized spacial score (nSPS) is 19.5. The predicted octanol–water partition coefficient (Wildman–Crippen LogP) is 0.972. The molecular weight excluding hydrogens is 216 g/mol. The lowest BCUT2D eigenvalue weighted by molar-refractivity contribution is 0.1000. The Bertz CT molecular complexity index is 412. The molecule has 0 saturated carbocycles. The molecule has 17 heavy (non-hydrogen) atoms. The minimum atomic E-state index is -0.378. The molecule has 1 atom stereocenters. The standard InChI is InChI=1S/C13H18N2O2/c1-9-6-10(13(14)16)2-3-11(9)7-15-12-4-5-17-8-12/h2-3,6,12,15H,4-5,7-8H2,1H3,(H2,14,16). The topological polar surface area (TPSA) is 64.4 Å². The van der Waals surface area contributed by atoms with E-state index in [9.17, 15) is 4.79 Å². The van der Waals surface area contributed by atoms with Crippen molar-refractivity contribution in [1.29, 1.82) is 0 Å². The van der Waals surface area contributed by atoms with E-state index in [0.717, 1.165) is 31.7 Å². The van der Waals surface area contributed by atoms with Gasteiger partial charge in [0.2, 0.25) is 5.91 Å². The third kappa shape index (κ3) is 3.05. The van der Waals surface area contributed by atoms with Gasteiger partial charge >= 0.3 is 0 Å². The van der Waals surface area contributed by atoms with Crippen LogP contribution in [0.1, 0.15) is 27.9 Å². The number of rotatable bonds is 4. The van der Waals surface area contributed by atoms with Crippen LogP contribution in [0.2, 0.25) is 0 Å². The van der Waals surface area contributed by atoms with E-state index < -0.39 is 0 Å². The van der Waals surface area contributed by atoms with Crippen LogP contribution in [0, 0.1) is 6.92 Å².